The van der Waals surface area contributed by atoms with Gasteiger partial charge in [-0.3, -0.25) is 14.9 Å². The third-order valence-corrected chi connectivity index (χ3v) is 3.78. The van der Waals surface area contributed by atoms with Gasteiger partial charge in [0.25, 0.3) is 11.6 Å². The van der Waals surface area contributed by atoms with E-state index in [9.17, 15) is 23.7 Å². The first-order valence-electron chi connectivity index (χ1n) is 7.88. The van der Waals surface area contributed by atoms with Gasteiger partial charge < -0.3 is 20.1 Å². The number of nitro benzene ring substituents is 1. The summed E-state index contributed by atoms with van der Waals surface area (Å²) in [6, 6.07) is 7.67. The molecule has 0 bridgehead atoms. The summed E-state index contributed by atoms with van der Waals surface area (Å²) in [5, 5.41) is 16.5. The molecule has 150 valence electrons. The zero-order valence-corrected chi connectivity index (χ0v) is 15.3. The topological polar surface area (TPSA) is 103 Å². The Hall–Kier alpha value is -2.98. The van der Waals surface area contributed by atoms with Crippen LogP contribution in [0.4, 0.5) is 25.8 Å². The van der Waals surface area contributed by atoms with Gasteiger partial charge >= 0.3 is 6.61 Å². The Labute approximate surface area is 163 Å². The van der Waals surface area contributed by atoms with Gasteiger partial charge in [-0.2, -0.15) is 8.78 Å². The summed E-state index contributed by atoms with van der Waals surface area (Å²) in [7, 11) is 1.50. The lowest BCUT2D eigenvalue weighted by Crippen LogP contribution is -2.14. The van der Waals surface area contributed by atoms with Gasteiger partial charge in [-0.15, -0.1) is 0 Å². The molecule has 0 aliphatic rings. The second kappa shape index (κ2) is 9.81. The largest absolute Gasteiger partial charge is 0.433 e. The molecule has 2 aromatic carbocycles. The molecule has 0 saturated heterocycles. The summed E-state index contributed by atoms with van der Waals surface area (Å²) < 4.78 is 33.6. The maximum Gasteiger partial charge on any atom is 0.387 e. The minimum atomic E-state index is -3.03. The maximum atomic E-state index is 12.4. The lowest BCUT2D eigenvalue weighted by atomic mass is 10.1. The molecule has 0 aliphatic carbocycles. The van der Waals surface area contributed by atoms with Crippen LogP contribution in [-0.4, -0.2) is 37.7 Å². The van der Waals surface area contributed by atoms with Crippen molar-refractivity contribution in [2.24, 2.45) is 0 Å². The van der Waals surface area contributed by atoms with Gasteiger partial charge in [0, 0.05) is 31.0 Å². The first-order chi connectivity index (χ1) is 13.3. The van der Waals surface area contributed by atoms with Crippen molar-refractivity contribution >= 4 is 34.6 Å². The monoisotopic (exact) mass is 415 g/mol. The van der Waals surface area contributed by atoms with Crippen molar-refractivity contribution in [3.63, 3.8) is 0 Å². The molecule has 0 atom stereocenters. The number of nitrogens with one attached hydrogen (secondary N) is 2. The highest BCUT2D eigenvalue weighted by Crippen LogP contribution is 2.30. The number of methoxy groups -OCH3 is 1. The molecular formula is C17H16ClF2N3O5. The number of hydrogen-bond donors (Lipinski definition) is 2. The third kappa shape index (κ3) is 5.76. The average Bonchev–Trinajstić information content (AvgIpc) is 2.64. The summed E-state index contributed by atoms with van der Waals surface area (Å²) in [6.45, 7) is -2.32. The van der Waals surface area contributed by atoms with Crippen molar-refractivity contribution in [3.05, 3.63) is 57.1 Å². The number of nitrogens with zero attached hydrogens (tertiary/aromatic N) is 1. The molecule has 0 spiro atoms. The number of ether oxygens (including phenoxy) is 2. The van der Waals surface area contributed by atoms with Crippen LogP contribution < -0.4 is 15.4 Å². The molecule has 0 unspecified atom stereocenters. The molecule has 8 nitrogen and oxygen atoms in total. The number of carbonyl (C=O) groups excluding carboxylic acids is 1. The van der Waals surface area contributed by atoms with Crippen molar-refractivity contribution < 1.29 is 28.0 Å². The number of alkyl halides is 2. The molecule has 0 aromatic heterocycles. The fraction of sp³-hybridized carbons (Fsp3) is 0.235. The highest BCUT2D eigenvalue weighted by atomic mass is 35.5. The lowest BCUT2D eigenvalue weighted by Gasteiger charge is -2.11. The second-order valence-electron chi connectivity index (χ2n) is 5.39. The van der Waals surface area contributed by atoms with E-state index in [1.54, 1.807) is 0 Å². The van der Waals surface area contributed by atoms with E-state index in [0.717, 1.165) is 6.07 Å². The Morgan fingerprint density at radius 3 is 2.64 bits per heavy atom. The number of rotatable bonds is 9. The van der Waals surface area contributed by atoms with E-state index in [-0.39, 0.29) is 33.4 Å². The van der Waals surface area contributed by atoms with Crippen molar-refractivity contribution in [2.75, 3.05) is 30.9 Å². The van der Waals surface area contributed by atoms with Crippen LogP contribution in [0.2, 0.25) is 5.02 Å². The normalized spacial score (nSPS) is 10.6. The highest BCUT2D eigenvalue weighted by Gasteiger charge is 2.18. The molecule has 0 radical (unpaired) electrons. The van der Waals surface area contributed by atoms with E-state index >= 15 is 0 Å². The Balaban J connectivity index is 2.16. The number of anilines is 2. The minimum absolute atomic E-state index is 0.0352. The lowest BCUT2D eigenvalue weighted by molar-refractivity contribution is -0.384. The van der Waals surface area contributed by atoms with E-state index in [1.807, 2.05) is 0 Å². The molecular weight excluding hydrogens is 400 g/mol. The maximum absolute atomic E-state index is 12.4. The molecule has 1 amide bonds. The van der Waals surface area contributed by atoms with Crippen LogP contribution in [0, 0.1) is 10.1 Å². The average molecular weight is 416 g/mol. The zero-order chi connectivity index (χ0) is 20.7. The molecule has 0 heterocycles. The number of amides is 1. The molecule has 0 saturated carbocycles. The number of carbonyl (C=O) groups is 1. The third-order valence-electron chi connectivity index (χ3n) is 3.48. The van der Waals surface area contributed by atoms with Crippen LogP contribution in [0.15, 0.2) is 36.4 Å². The predicted molar refractivity (Wildman–Crippen MR) is 99.5 cm³/mol. The summed E-state index contributed by atoms with van der Waals surface area (Å²) in [5.41, 5.74) is 0.215. The Kier molecular flexibility index (Phi) is 7.47. The van der Waals surface area contributed by atoms with Crippen molar-refractivity contribution in [1.82, 2.24) is 0 Å². The van der Waals surface area contributed by atoms with Gasteiger partial charge in [-0.05, 0) is 30.3 Å². The van der Waals surface area contributed by atoms with Crippen LogP contribution in [-0.2, 0) is 4.74 Å². The van der Waals surface area contributed by atoms with E-state index in [4.69, 9.17) is 16.3 Å². The fourth-order valence-electron chi connectivity index (χ4n) is 2.23. The molecule has 2 aromatic rings. The van der Waals surface area contributed by atoms with Crippen LogP contribution in [0.5, 0.6) is 5.75 Å². The smallest absolute Gasteiger partial charge is 0.387 e. The summed E-state index contributed by atoms with van der Waals surface area (Å²) in [6.07, 6.45) is 0. The number of nitro groups is 1. The van der Waals surface area contributed by atoms with E-state index in [2.05, 4.69) is 15.4 Å². The van der Waals surface area contributed by atoms with Crippen molar-refractivity contribution in [1.29, 1.82) is 0 Å². The minimum Gasteiger partial charge on any atom is -0.433 e. The zero-order valence-electron chi connectivity index (χ0n) is 14.6. The van der Waals surface area contributed by atoms with E-state index in [0.29, 0.717) is 13.2 Å². The molecule has 0 aliphatic heterocycles. The van der Waals surface area contributed by atoms with Gasteiger partial charge in [-0.1, -0.05) is 11.6 Å². The first kappa shape index (κ1) is 21.3. The molecule has 11 heteroatoms. The second-order valence-corrected chi connectivity index (χ2v) is 5.79. The van der Waals surface area contributed by atoms with Crippen LogP contribution in [0.3, 0.4) is 0 Å². The Bertz CT molecular complexity index is 867. The molecule has 2 rings (SSSR count). The SMILES string of the molecule is COCCNc1ccc(C(=O)Nc2ccc(OC(F)F)c(Cl)c2)cc1[N+](=O)[O-]. The number of hydrogen-bond acceptors (Lipinski definition) is 6. The van der Waals surface area contributed by atoms with Crippen LogP contribution >= 0.6 is 11.6 Å². The standard InChI is InChI=1S/C17H16ClF2N3O5/c1-27-7-6-21-13-4-2-10(8-14(13)23(25)26)16(24)22-11-3-5-15(12(18)9-11)28-17(19)20/h2-5,8-9,17,21H,6-7H2,1H3,(H,22,24). The summed E-state index contributed by atoms with van der Waals surface area (Å²) in [4.78, 5) is 23.0. The van der Waals surface area contributed by atoms with Gasteiger partial charge in [0.2, 0.25) is 0 Å². The highest BCUT2D eigenvalue weighted by molar-refractivity contribution is 6.32. The number of halogens is 3. The van der Waals surface area contributed by atoms with E-state index < -0.39 is 17.4 Å². The molecule has 28 heavy (non-hydrogen) atoms. The van der Waals surface area contributed by atoms with Gasteiger partial charge in [0.15, 0.2) is 0 Å². The summed E-state index contributed by atoms with van der Waals surface area (Å²) in [5.74, 6) is -0.873. The molecule has 2 N–H and O–H groups in total. The fourth-order valence-corrected chi connectivity index (χ4v) is 2.46. The van der Waals surface area contributed by atoms with Crippen molar-refractivity contribution in [3.8, 4) is 5.75 Å². The summed E-state index contributed by atoms with van der Waals surface area (Å²) >= 11 is 5.83. The predicted octanol–water partition coefficient (Wildman–Crippen LogP) is 4.16. The first-order valence-corrected chi connectivity index (χ1v) is 8.26. The van der Waals surface area contributed by atoms with Gasteiger partial charge in [0.1, 0.15) is 11.4 Å². The Morgan fingerprint density at radius 1 is 1.29 bits per heavy atom. The van der Waals surface area contributed by atoms with Gasteiger partial charge in [-0.25, -0.2) is 0 Å². The Morgan fingerprint density at radius 2 is 2.04 bits per heavy atom. The van der Waals surface area contributed by atoms with Crippen molar-refractivity contribution in [2.45, 2.75) is 6.61 Å². The van der Waals surface area contributed by atoms with Crippen LogP contribution in [0.25, 0.3) is 0 Å². The number of benzene rings is 2. The van der Waals surface area contributed by atoms with Gasteiger partial charge in [0.05, 0.1) is 16.6 Å². The quantitative estimate of drug-likeness (QED) is 0.362. The molecule has 0 fully saturated rings. The van der Waals surface area contributed by atoms with Crippen LogP contribution in [0.1, 0.15) is 10.4 Å². The van der Waals surface area contributed by atoms with E-state index in [1.165, 1.54) is 37.4 Å².